The molecule has 6 nitrogen and oxygen atoms in total. The van der Waals surface area contributed by atoms with Crippen LogP contribution in [0.15, 0.2) is 24.4 Å². The van der Waals surface area contributed by atoms with Gasteiger partial charge in [0, 0.05) is 38.2 Å². The Morgan fingerprint density at radius 1 is 1.35 bits per heavy atom. The summed E-state index contributed by atoms with van der Waals surface area (Å²) in [6.45, 7) is -0.314. The van der Waals surface area contributed by atoms with Crippen LogP contribution in [-0.4, -0.2) is 54.6 Å². The number of aromatic nitrogens is 1. The zero-order valence-electron chi connectivity index (χ0n) is 12.0. The summed E-state index contributed by atoms with van der Waals surface area (Å²) in [5, 5.41) is 0. The number of halogens is 3. The summed E-state index contributed by atoms with van der Waals surface area (Å²) in [6.07, 6.45) is 2.21. The van der Waals surface area contributed by atoms with E-state index in [1.165, 1.54) is 0 Å². The Labute approximate surface area is 131 Å². The van der Waals surface area contributed by atoms with Crippen molar-refractivity contribution >= 4 is 10.0 Å². The van der Waals surface area contributed by atoms with Crippen LogP contribution in [0.1, 0.15) is 12.8 Å². The summed E-state index contributed by atoms with van der Waals surface area (Å²) in [5.74, 6) is 0.425. The summed E-state index contributed by atoms with van der Waals surface area (Å²) in [6, 6.07) is 5.19. The van der Waals surface area contributed by atoms with Gasteiger partial charge in [-0.15, -0.1) is 0 Å². The van der Waals surface area contributed by atoms with Gasteiger partial charge in [0.15, 0.2) is 0 Å². The number of rotatable bonds is 3. The third-order valence-corrected chi connectivity index (χ3v) is 5.46. The van der Waals surface area contributed by atoms with Crippen molar-refractivity contribution in [1.29, 1.82) is 0 Å². The van der Waals surface area contributed by atoms with Gasteiger partial charge < -0.3 is 9.47 Å². The molecule has 3 rings (SSSR count). The van der Waals surface area contributed by atoms with Crippen molar-refractivity contribution in [2.24, 2.45) is 0 Å². The summed E-state index contributed by atoms with van der Waals surface area (Å²) >= 11 is 0. The molecule has 10 heteroatoms. The van der Waals surface area contributed by atoms with Gasteiger partial charge in [-0.25, -0.2) is 13.4 Å². The van der Waals surface area contributed by atoms with Gasteiger partial charge in [0.1, 0.15) is 6.10 Å². The van der Waals surface area contributed by atoms with Crippen molar-refractivity contribution in [2.75, 3.05) is 19.7 Å². The maximum atomic E-state index is 12.5. The van der Waals surface area contributed by atoms with Crippen LogP contribution >= 0.6 is 0 Å². The van der Waals surface area contributed by atoms with Gasteiger partial charge >= 0.3 is 15.5 Å². The zero-order chi connectivity index (χ0) is 16.7. The molecule has 2 fully saturated rings. The van der Waals surface area contributed by atoms with Gasteiger partial charge in [-0.1, -0.05) is 6.07 Å². The lowest BCUT2D eigenvalue weighted by Gasteiger charge is -2.51. The molecule has 0 saturated carbocycles. The van der Waals surface area contributed by atoms with E-state index in [1.54, 1.807) is 24.4 Å². The smallest absolute Gasteiger partial charge is 0.474 e. The van der Waals surface area contributed by atoms with Crippen molar-refractivity contribution in [1.82, 2.24) is 9.29 Å². The number of sulfonamides is 1. The van der Waals surface area contributed by atoms with E-state index in [9.17, 15) is 21.6 Å². The maximum Gasteiger partial charge on any atom is 0.511 e. The number of nitrogens with zero attached hydrogens (tertiary/aromatic N) is 2. The molecular formula is C13H15F3N2O4S. The van der Waals surface area contributed by atoms with E-state index in [4.69, 9.17) is 9.47 Å². The molecular weight excluding hydrogens is 337 g/mol. The minimum atomic E-state index is -5.29. The van der Waals surface area contributed by atoms with E-state index < -0.39 is 21.1 Å². The highest BCUT2D eigenvalue weighted by atomic mass is 32.2. The van der Waals surface area contributed by atoms with E-state index in [0.29, 0.717) is 29.6 Å². The average molecular weight is 352 g/mol. The lowest BCUT2D eigenvalue weighted by atomic mass is 9.86. The van der Waals surface area contributed by atoms with Gasteiger partial charge in [0.05, 0.1) is 12.2 Å². The summed E-state index contributed by atoms with van der Waals surface area (Å²) < 4.78 is 71.9. The minimum Gasteiger partial charge on any atom is -0.474 e. The standard InChI is InChI=1S/C13H15F3N2O4S/c14-13(15,16)23(19,20)18-8-12(9-18)7-10(4-6-21-12)22-11-3-1-2-5-17-11/h1-3,5,10H,4,6-9H2/t10-/m1/s1. The average Bonchev–Trinajstić information content (AvgIpc) is 2.45. The molecule has 3 heterocycles. The van der Waals surface area contributed by atoms with Crippen LogP contribution in [-0.2, 0) is 14.8 Å². The van der Waals surface area contributed by atoms with E-state index in [0.717, 1.165) is 0 Å². The number of hydrogen-bond acceptors (Lipinski definition) is 5. The van der Waals surface area contributed by atoms with Gasteiger partial charge in [-0.3, -0.25) is 0 Å². The van der Waals surface area contributed by atoms with Crippen LogP contribution in [0.25, 0.3) is 0 Å². The lowest BCUT2D eigenvalue weighted by molar-refractivity contribution is -0.168. The number of hydrogen-bond donors (Lipinski definition) is 0. The summed E-state index contributed by atoms with van der Waals surface area (Å²) in [5.41, 5.74) is -6.19. The molecule has 0 bridgehead atoms. The second-order valence-electron chi connectivity index (χ2n) is 5.65. The predicted molar refractivity (Wildman–Crippen MR) is 73.1 cm³/mol. The highest BCUT2D eigenvalue weighted by Gasteiger charge is 2.59. The second kappa shape index (κ2) is 5.60. The molecule has 1 aromatic rings. The number of ether oxygens (including phenoxy) is 2. The third kappa shape index (κ3) is 3.15. The fourth-order valence-electron chi connectivity index (χ4n) is 2.80. The highest BCUT2D eigenvalue weighted by molar-refractivity contribution is 7.90. The first-order chi connectivity index (χ1) is 10.7. The Morgan fingerprint density at radius 3 is 2.70 bits per heavy atom. The van der Waals surface area contributed by atoms with Crippen molar-refractivity contribution in [3.05, 3.63) is 24.4 Å². The SMILES string of the molecule is O=S(=O)(N1CC2(C[C@H](Oc3ccccn3)CCO2)C1)C(F)(F)F. The zero-order valence-corrected chi connectivity index (χ0v) is 12.8. The van der Waals surface area contributed by atoms with E-state index in [2.05, 4.69) is 4.98 Å². The van der Waals surface area contributed by atoms with Crippen LogP contribution in [0.3, 0.4) is 0 Å². The predicted octanol–water partition coefficient (Wildman–Crippen LogP) is 1.54. The molecule has 2 saturated heterocycles. The van der Waals surface area contributed by atoms with E-state index >= 15 is 0 Å². The van der Waals surface area contributed by atoms with Crippen molar-refractivity contribution in [2.45, 2.75) is 30.1 Å². The van der Waals surface area contributed by atoms with Crippen LogP contribution in [0, 0.1) is 0 Å². The summed E-state index contributed by atoms with van der Waals surface area (Å²) in [7, 11) is -5.29. The molecule has 0 unspecified atom stereocenters. The minimum absolute atomic E-state index is 0.269. The molecule has 0 aromatic carbocycles. The molecule has 0 radical (unpaired) electrons. The molecule has 2 aliphatic rings. The fourth-order valence-corrected chi connectivity index (χ4v) is 3.91. The number of alkyl halides is 3. The Balaban J connectivity index is 1.62. The van der Waals surface area contributed by atoms with Gasteiger partial charge in [-0.2, -0.15) is 17.5 Å². The lowest BCUT2D eigenvalue weighted by Crippen LogP contribution is -2.68. The van der Waals surface area contributed by atoms with Crippen LogP contribution in [0.2, 0.25) is 0 Å². The third-order valence-electron chi connectivity index (χ3n) is 3.93. The molecule has 0 amide bonds. The highest BCUT2D eigenvalue weighted by Crippen LogP contribution is 2.40. The molecule has 1 spiro atoms. The maximum absolute atomic E-state index is 12.5. The fraction of sp³-hybridized carbons (Fsp3) is 0.615. The largest absolute Gasteiger partial charge is 0.511 e. The van der Waals surface area contributed by atoms with E-state index in [1.807, 2.05) is 0 Å². The Kier molecular flexibility index (Phi) is 4.01. The molecule has 2 aliphatic heterocycles. The van der Waals surface area contributed by atoms with Gasteiger partial charge in [0.25, 0.3) is 0 Å². The van der Waals surface area contributed by atoms with Crippen molar-refractivity contribution < 1.29 is 31.1 Å². The van der Waals surface area contributed by atoms with Crippen LogP contribution in [0.5, 0.6) is 5.88 Å². The quantitative estimate of drug-likeness (QED) is 0.826. The molecule has 128 valence electrons. The Hall–Kier alpha value is -1.39. The normalized spacial score (nSPS) is 25.1. The summed E-state index contributed by atoms with van der Waals surface area (Å²) in [4.78, 5) is 4.03. The molecule has 1 atom stereocenters. The molecule has 0 aliphatic carbocycles. The monoisotopic (exact) mass is 352 g/mol. The first-order valence-electron chi connectivity index (χ1n) is 7.00. The van der Waals surface area contributed by atoms with E-state index in [-0.39, 0.29) is 19.2 Å². The topological polar surface area (TPSA) is 68.7 Å². The number of pyridine rings is 1. The van der Waals surface area contributed by atoms with Gasteiger partial charge in [-0.05, 0) is 6.07 Å². The molecule has 0 N–H and O–H groups in total. The van der Waals surface area contributed by atoms with Crippen molar-refractivity contribution in [3.8, 4) is 5.88 Å². The van der Waals surface area contributed by atoms with Crippen molar-refractivity contribution in [3.63, 3.8) is 0 Å². The van der Waals surface area contributed by atoms with Gasteiger partial charge in [0.2, 0.25) is 5.88 Å². The Bertz CT molecular complexity index is 660. The Morgan fingerprint density at radius 2 is 2.09 bits per heavy atom. The first kappa shape index (κ1) is 16.5. The first-order valence-corrected chi connectivity index (χ1v) is 8.44. The van der Waals surface area contributed by atoms with Crippen LogP contribution < -0.4 is 4.74 Å². The second-order valence-corrected chi connectivity index (χ2v) is 7.58. The molecule has 1 aromatic heterocycles. The molecule has 23 heavy (non-hydrogen) atoms. The van der Waals surface area contributed by atoms with Crippen LogP contribution in [0.4, 0.5) is 13.2 Å².